The average Bonchev–Trinajstić information content (AvgIpc) is 2.68. The van der Waals surface area contributed by atoms with Crippen molar-refractivity contribution < 1.29 is 9.90 Å². The summed E-state index contributed by atoms with van der Waals surface area (Å²) in [4.78, 5) is 11.7. The maximum absolute atomic E-state index is 11.7. The third kappa shape index (κ3) is 1.90. The highest BCUT2D eigenvalue weighted by Gasteiger charge is 2.13. The number of aromatic nitrogens is 2. The Balaban J connectivity index is 2.37. The number of hydrogen-bond acceptors (Lipinski definition) is 3. The molecule has 0 spiro atoms. The van der Waals surface area contributed by atoms with Gasteiger partial charge in [0.1, 0.15) is 0 Å². The minimum Gasteiger partial charge on any atom is -0.395 e. The van der Waals surface area contributed by atoms with Gasteiger partial charge >= 0.3 is 0 Å². The van der Waals surface area contributed by atoms with Crippen LogP contribution in [0.15, 0.2) is 18.2 Å². The predicted octanol–water partition coefficient (Wildman–Crippen LogP) is 0.593. The molecule has 0 unspecified atom stereocenters. The lowest BCUT2D eigenvalue weighted by Crippen LogP contribution is -2.26. The quantitative estimate of drug-likeness (QED) is 0.707. The standard InChI is InChI=1S/C11H13N3O2/c1-7-2-3-9-8(6-7)10(14-13-9)11(16)12-4-5-15/h2-3,6,15H,4-5H2,1H3,(H,12,16)(H,13,14). The van der Waals surface area contributed by atoms with Gasteiger partial charge in [0, 0.05) is 11.9 Å². The zero-order valence-corrected chi connectivity index (χ0v) is 8.95. The van der Waals surface area contributed by atoms with E-state index in [9.17, 15) is 4.79 Å². The molecule has 1 heterocycles. The van der Waals surface area contributed by atoms with E-state index >= 15 is 0 Å². The highest BCUT2D eigenvalue weighted by atomic mass is 16.3. The number of amides is 1. The molecule has 2 rings (SSSR count). The number of rotatable bonds is 3. The second-order valence-electron chi connectivity index (χ2n) is 3.60. The summed E-state index contributed by atoms with van der Waals surface area (Å²) in [6.45, 7) is 2.12. The van der Waals surface area contributed by atoms with Crippen molar-refractivity contribution in [2.45, 2.75) is 6.92 Å². The minimum absolute atomic E-state index is 0.0763. The number of benzene rings is 1. The van der Waals surface area contributed by atoms with Crippen molar-refractivity contribution in [1.29, 1.82) is 0 Å². The van der Waals surface area contributed by atoms with Crippen molar-refractivity contribution in [1.82, 2.24) is 15.5 Å². The van der Waals surface area contributed by atoms with Crippen molar-refractivity contribution in [3.8, 4) is 0 Å². The fourth-order valence-corrected chi connectivity index (χ4v) is 1.55. The van der Waals surface area contributed by atoms with Gasteiger partial charge < -0.3 is 10.4 Å². The maximum atomic E-state index is 11.7. The van der Waals surface area contributed by atoms with E-state index in [1.807, 2.05) is 25.1 Å². The van der Waals surface area contributed by atoms with E-state index in [-0.39, 0.29) is 19.1 Å². The molecule has 5 heteroatoms. The van der Waals surface area contributed by atoms with Gasteiger partial charge in [0.2, 0.25) is 0 Å². The molecule has 0 fully saturated rings. The first kappa shape index (κ1) is 10.6. The van der Waals surface area contributed by atoms with Gasteiger partial charge in [-0.1, -0.05) is 11.6 Å². The number of carbonyl (C=O) groups is 1. The first-order valence-electron chi connectivity index (χ1n) is 5.06. The average molecular weight is 219 g/mol. The van der Waals surface area contributed by atoms with Crippen LogP contribution in [0.5, 0.6) is 0 Å². The number of nitrogens with one attached hydrogen (secondary N) is 2. The maximum Gasteiger partial charge on any atom is 0.272 e. The van der Waals surface area contributed by atoms with Gasteiger partial charge in [0.25, 0.3) is 5.91 Å². The molecule has 0 saturated carbocycles. The van der Waals surface area contributed by atoms with E-state index in [0.717, 1.165) is 16.5 Å². The molecule has 0 saturated heterocycles. The van der Waals surface area contributed by atoms with Crippen LogP contribution >= 0.6 is 0 Å². The summed E-state index contributed by atoms with van der Waals surface area (Å²) >= 11 is 0. The molecule has 2 aromatic rings. The normalized spacial score (nSPS) is 10.6. The van der Waals surface area contributed by atoms with E-state index < -0.39 is 0 Å². The monoisotopic (exact) mass is 219 g/mol. The highest BCUT2D eigenvalue weighted by Crippen LogP contribution is 2.17. The summed E-state index contributed by atoms with van der Waals surface area (Å²) in [5, 5.41) is 18.8. The number of hydrogen-bond donors (Lipinski definition) is 3. The third-order valence-electron chi connectivity index (χ3n) is 2.33. The van der Waals surface area contributed by atoms with Crippen LogP contribution in [0.3, 0.4) is 0 Å². The number of aliphatic hydroxyl groups is 1. The Morgan fingerprint density at radius 2 is 2.38 bits per heavy atom. The molecule has 0 atom stereocenters. The number of H-pyrrole nitrogens is 1. The SMILES string of the molecule is Cc1ccc2[nH]nc(C(=O)NCCO)c2c1. The van der Waals surface area contributed by atoms with Crippen LogP contribution in [0.25, 0.3) is 10.9 Å². The van der Waals surface area contributed by atoms with Crippen molar-refractivity contribution in [3.05, 3.63) is 29.5 Å². The Labute approximate surface area is 92.5 Å². The van der Waals surface area contributed by atoms with Crippen molar-refractivity contribution >= 4 is 16.8 Å². The van der Waals surface area contributed by atoms with Crippen LogP contribution in [0.4, 0.5) is 0 Å². The summed E-state index contributed by atoms with van der Waals surface area (Å²) in [5.41, 5.74) is 2.28. The van der Waals surface area contributed by atoms with Crippen LogP contribution in [0, 0.1) is 6.92 Å². The highest BCUT2D eigenvalue weighted by molar-refractivity contribution is 6.04. The zero-order valence-electron chi connectivity index (χ0n) is 8.95. The van der Waals surface area contributed by atoms with E-state index in [0.29, 0.717) is 5.69 Å². The summed E-state index contributed by atoms with van der Waals surface area (Å²) in [5.74, 6) is -0.272. The Kier molecular flexibility index (Phi) is 2.87. The lowest BCUT2D eigenvalue weighted by Gasteiger charge is -2.00. The molecule has 16 heavy (non-hydrogen) atoms. The molecular weight excluding hydrogens is 206 g/mol. The van der Waals surface area contributed by atoms with Gasteiger partial charge in [-0.15, -0.1) is 0 Å². The topological polar surface area (TPSA) is 78.0 Å². The van der Waals surface area contributed by atoms with Gasteiger partial charge in [0.15, 0.2) is 5.69 Å². The Morgan fingerprint density at radius 3 is 3.12 bits per heavy atom. The molecule has 0 aliphatic heterocycles. The molecule has 0 radical (unpaired) electrons. The number of fused-ring (bicyclic) bond motifs is 1. The first-order valence-corrected chi connectivity index (χ1v) is 5.06. The molecular formula is C11H13N3O2. The van der Waals surface area contributed by atoms with E-state index in [1.165, 1.54) is 0 Å². The van der Waals surface area contributed by atoms with Gasteiger partial charge in [-0.05, 0) is 19.1 Å². The number of nitrogens with zero attached hydrogens (tertiary/aromatic N) is 1. The third-order valence-corrected chi connectivity index (χ3v) is 2.33. The van der Waals surface area contributed by atoms with Crippen LogP contribution in [0.2, 0.25) is 0 Å². The predicted molar refractivity (Wildman–Crippen MR) is 60.2 cm³/mol. The first-order chi connectivity index (χ1) is 7.72. The molecule has 3 N–H and O–H groups in total. The molecule has 0 aliphatic rings. The number of aryl methyl sites for hydroxylation is 1. The summed E-state index contributed by atoms with van der Waals surface area (Å²) in [6, 6.07) is 5.75. The fraction of sp³-hybridized carbons (Fsp3) is 0.273. The van der Waals surface area contributed by atoms with E-state index in [1.54, 1.807) is 0 Å². The molecule has 1 aromatic heterocycles. The van der Waals surface area contributed by atoms with Gasteiger partial charge in [-0.2, -0.15) is 5.10 Å². The van der Waals surface area contributed by atoms with Crippen molar-refractivity contribution in [3.63, 3.8) is 0 Å². The molecule has 1 amide bonds. The summed E-state index contributed by atoms with van der Waals surface area (Å²) in [6.07, 6.45) is 0. The molecule has 0 bridgehead atoms. The second kappa shape index (κ2) is 4.32. The zero-order chi connectivity index (χ0) is 11.5. The van der Waals surface area contributed by atoms with Crippen molar-refractivity contribution in [2.24, 2.45) is 0 Å². The van der Waals surface area contributed by atoms with Crippen molar-refractivity contribution in [2.75, 3.05) is 13.2 Å². The molecule has 0 aliphatic carbocycles. The second-order valence-corrected chi connectivity index (χ2v) is 3.60. The Hall–Kier alpha value is -1.88. The Morgan fingerprint density at radius 1 is 1.56 bits per heavy atom. The number of aromatic amines is 1. The molecule has 84 valence electrons. The summed E-state index contributed by atoms with van der Waals surface area (Å²) in [7, 11) is 0. The van der Waals surface area contributed by atoms with Crippen LogP contribution in [-0.2, 0) is 0 Å². The largest absolute Gasteiger partial charge is 0.395 e. The number of carbonyl (C=O) groups excluding carboxylic acids is 1. The summed E-state index contributed by atoms with van der Waals surface area (Å²) < 4.78 is 0. The lowest BCUT2D eigenvalue weighted by atomic mass is 10.1. The van der Waals surface area contributed by atoms with E-state index in [2.05, 4.69) is 15.5 Å². The molecule has 5 nitrogen and oxygen atoms in total. The van der Waals surface area contributed by atoms with Crippen LogP contribution in [-0.4, -0.2) is 34.4 Å². The van der Waals surface area contributed by atoms with E-state index in [4.69, 9.17) is 5.11 Å². The molecule has 1 aromatic carbocycles. The van der Waals surface area contributed by atoms with Crippen LogP contribution in [0.1, 0.15) is 16.1 Å². The minimum atomic E-state index is -0.272. The number of aliphatic hydroxyl groups excluding tert-OH is 1. The van der Waals surface area contributed by atoms with Gasteiger partial charge in [-0.3, -0.25) is 9.89 Å². The van der Waals surface area contributed by atoms with Gasteiger partial charge in [0.05, 0.1) is 12.1 Å². The van der Waals surface area contributed by atoms with Gasteiger partial charge in [-0.25, -0.2) is 0 Å². The van der Waals surface area contributed by atoms with Crippen LogP contribution < -0.4 is 5.32 Å². The lowest BCUT2D eigenvalue weighted by molar-refractivity contribution is 0.0941. The fourth-order valence-electron chi connectivity index (χ4n) is 1.55. The smallest absolute Gasteiger partial charge is 0.272 e. The Bertz CT molecular complexity index is 519.